The molecule has 1 aromatic carbocycles. The Morgan fingerprint density at radius 2 is 1.94 bits per heavy atom. The van der Waals surface area contributed by atoms with Gasteiger partial charge in [-0.15, -0.1) is 0 Å². The molecule has 2 heterocycles. The van der Waals surface area contributed by atoms with Crippen LogP contribution in [-0.2, 0) is 14.8 Å². The molecule has 0 unspecified atom stereocenters. The zero-order valence-corrected chi connectivity index (χ0v) is 18.6. The fourth-order valence-corrected chi connectivity index (χ4v) is 5.87. The van der Waals surface area contributed by atoms with Gasteiger partial charge in [0, 0.05) is 24.4 Å². The zero-order valence-electron chi connectivity index (χ0n) is 17.8. The number of amides is 1. The number of carbonyl (C=O) groups excluding carboxylic acids is 1. The minimum atomic E-state index is -3.62. The van der Waals surface area contributed by atoms with Gasteiger partial charge in [-0.05, 0) is 55.4 Å². The third kappa shape index (κ3) is 4.58. The Hall–Kier alpha value is -2.50. The summed E-state index contributed by atoms with van der Waals surface area (Å²) in [6.07, 6.45) is 6.70. The van der Waals surface area contributed by atoms with Gasteiger partial charge in [-0.25, -0.2) is 8.42 Å². The van der Waals surface area contributed by atoms with E-state index in [-0.39, 0.29) is 19.0 Å². The second-order valence-corrected chi connectivity index (χ2v) is 10.7. The standard InChI is InChI=1S/C23H28N4O3S/c1-17-5-7-20(8-6-17)21-25-22(28)23(26-21)10-12-27(13-11-23)31(29,30)14-9-18-3-2-4-19(15-18)16-24/h2-4,9,14-15,17,20H,5-8,10-13H2,1H3,(H,25,26,28)/b14-9+. The molecule has 4 rings (SSSR count). The lowest BCUT2D eigenvalue weighted by Crippen LogP contribution is -2.50. The fourth-order valence-electron chi connectivity index (χ4n) is 4.68. The van der Waals surface area contributed by atoms with Gasteiger partial charge in [0.2, 0.25) is 10.0 Å². The van der Waals surface area contributed by atoms with Crippen LogP contribution in [0.1, 0.15) is 56.6 Å². The van der Waals surface area contributed by atoms with E-state index in [9.17, 15) is 13.2 Å². The molecular formula is C23H28N4O3S. The average Bonchev–Trinajstić information content (AvgIpc) is 3.09. The van der Waals surface area contributed by atoms with Gasteiger partial charge in [0.1, 0.15) is 11.4 Å². The van der Waals surface area contributed by atoms with E-state index in [0.29, 0.717) is 29.9 Å². The molecule has 1 saturated heterocycles. The number of aliphatic imine (C=N–C) groups is 1. The van der Waals surface area contributed by atoms with E-state index in [2.05, 4.69) is 12.2 Å². The largest absolute Gasteiger partial charge is 0.312 e. The number of amidine groups is 1. The molecule has 0 bridgehead atoms. The van der Waals surface area contributed by atoms with Crippen LogP contribution in [0.5, 0.6) is 0 Å². The number of hydrogen-bond donors (Lipinski definition) is 1. The molecule has 8 heteroatoms. The highest BCUT2D eigenvalue weighted by atomic mass is 32.2. The number of nitrogens with one attached hydrogen (secondary N) is 1. The van der Waals surface area contributed by atoms with Gasteiger partial charge in [0.25, 0.3) is 5.91 Å². The summed E-state index contributed by atoms with van der Waals surface area (Å²) in [5, 5.41) is 13.2. The van der Waals surface area contributed by atoms with Crippen molar-refractivity contribution in [2.75, 3.05) is 13.1 Å². The van der Waals surface area contributed by atoms with Crippen LogP contribution in [-0.4, -0.2) is 43.1 Å². The number of carbonyl (C=O) groups is 1. The number of hydrogen-bond acceptors (Lipinski definition) is 5. The molecule has 2 aliphatic heterocycles. The molecule has 1 N–H and O–H groups in total. The predicted octanol–water partition coefficient (Wildman–Crippen LogP) is 3.05. The maximum Gasteiger partial charge on any atom is 0.253 e. The molecule has 1 spiro atoms. The molecule has 1 aromatic rings. The van der Waals surface area contributed by atoms with Gasteiger partial charge in [-0.1, -0.05) is 31.9 Å². The third-order valence-electron chi connectivity index (χ3n) is 6.76. The zero-order chi connectivity index (χ0) is 22.1. The molecule has 31 heavy (non-hydrogen) atoms. The summed E-state index contributed by atoms with van der Waals surface area (Å²) in [5.41, 5.74) is 0.310. The first-order chi connectivity index (χ1) is 14.8. The molecule has 0 radical (unpaired) electrons. The second kappa shape index (κ2) is 8.56. The predicted molar refractivity (Wildman–Crippen MR) is 119 cm³/mol. The van der Waals surface area contributed by atoms with Crippen molar-refractivity contribution in [3.63, 3.8) is 0 Å². The molecule has 3 aliphatic rings. The van der Waals surface area contributed by atoms with Crippen LogP contribution >= 0.6 is 0 Å². The molecule has 7 nitrogen and oxygen atoms in total. The van der Waals surface area contributed by atoms with Crippen LogP contribution in [0.25, 0.3) is 6.08 Å². The maximum absolute atomic E-state index is 12.8. The summed E-state index contributed by atoms with van der Waals surface area (Å²) in [6, 6.07) is 8.83. The highest BCUT2D eigenvalue weighted by molar-refractivity contribution is 7.92. The van der Waals surface area contributed by atoms with E-state index in [1.807, 2.05) is 6.07 Å². The third-order valence-corrected chi connectivity index (χ3v) is 8.32. The van der Waals surface area contributed by atoms with Gasteiger partial charge >= 0.3 is 0 Å². The quantitative estimate of drug-likeness (QED) is 0.777. The van der Waals surface area contributed by atoms with Gasteiger partial charge < -0.3 is 5.32 Å². The Bertz CT molecular complexity index is 1050. The van der Waals surface area contributed by atoms with Crippen molar-refractivity contribution >= 4 is 27.8 Å². The van der Waals surface area contributed by atoms with Crippen LogP contribution in [0, 0.1) is 23.2 Å². The Kier molecular flexibility index (Phi) is 6.00. The summed E-state index contributed by atoms with van der Waals surface area (Å²) in [4.78, 5) is 17.6. The minimum Gasteiger partial charge on any atom is -0.312 e. The lowest BCUT2D eigenvalue weighted by Gasteiger charge is -2.34. The first-order valence-corrected chi connectivity index (χ1v) is 12.4. The van der Waals surface area contributed by atoms with E-state index >= 15 is 0 Å². The molecule has 1 saturated carbocycles. The summed E-state index contributed by atoms with van der Waals surface area (Å²) in [6.45, 7) is 2.78. The van der Waals surface area contributed by atoms with Crippen molar-refractivity contribution in [3.8, 4) is 6.07 Å². The van der Waals surface area contributed by atoms with Crippen LogP contribution in [0.3, 0.4) is 0 Å². The Balaban J connectivity index is 1.42. The van der Waals surface area contributed by atoms with E-state index in [1.165, 1.54) is 15.8 Å². The van der Waals surface area contributed by atoms with Gasteiger partial charge in [-0.3, -0.25) is 9.79 Å². The Morgan fingerprint density at radius 1 is 1.23 bits per heavy atom. The smallest absolute Gasteiger partial charge is 0.253 e. The summed E-state index contributed by atoms with van der Waals surface area (Å²) in [7, 11) is -3.62. The van der Waals surface area contributed by atoms with Gasteiger partial charge in [0.05, 0.1) is 11.6 Å². The summed E-state index contributed by atoms with van der Waals surface area (Å²) < 4.78 is 27.0. The second-order valence-electron chi connectivity index (χ2n) is 8.92. The summed E-state index contributed by atoms with van der Waals surface area (Å²) in [5.74, 6) is 1.77. The monoisotopic (exact) mass is 440 g/mol. The normalized spacial score (nSPS) is 26.6. The number of nitrogens with zero attached hydrogens (tertiary/aromatic N) is 3. The Morgan fingerprint density at radius 3 is 2.61 bits per heavy atom. The van der Waals surface area contributed by atoms with Crippen molar-refractivity contribution in [1.29, 1.82) is 5.26 Å². The average molecular weight is 441 g/mol. The van der Waals surface area contributed by atoms with E-state index in [4.69, 9.17) is 10.3 Å². The van der Waals surface area contributed by atoms with Gasteiger partial charge in [0.15, 0.2) is 0 Å². The van der Waals surface area contributed by atoms with E-state index < -0.39 is 15.6 Å². The molecule has 0 atom stereocenters. The number of piperidine rings is 1. The maximum atomic E-state index is 12.8. The number of nitriles is 1. The van der Waals surface area contributed by atoms with Crippen molar-refractivity contribution in [2.45, 2.75) is 51.0 Å². The van der Waals surface area contributed by atoms with Crippen molar-refractivity contribution in [2.24, 2.45) is 16.8 Å². The first-order valence-electron chi connectivity index (χ1n) is 10.9. The Labute approximate surface area is 183 Å². The van der Waals surface area contributed by atoms with Crippen LogP contribution in [0.15, 0.2) is 34.7 Å². The number of sulfonamides is 1. The van der Waals surface area contributed by atoms with Crippen LogP contribution in [0.4, 0.5) is 0 Å². The first kappa shape index (κ1) is 21.7. The highest BCUT2D eigenvalue weighted by Crippen LogP contribution is 2.36. The van der Waals surface area contributed by atoms with E-state index in [1.54, 1.807) is 24.3 Å². The van der Waals surface area contributed by atoms with Gasteiger partial charge in [-0.2, -0.15) is 9.57 Å². The lowest BCUT2D eigenvalue weighted by atomic mass is 9.82. The van der Waals surface area contributed by atoms with Crippen molar-refractivity contribution in [1.82, 2.24) is 9.62 Å². The SMILES string of the molecule is CC1CCC(C2=NC3(CCN(S(=O)(=O)/C=C/c4cccc(C#N)c4)CC3)C(=O)N2)CC1. The molecule has 1 amide bonds. The summed E-state index contributed by atoms with van der Waals surface area (Å²) >= 11 is 0. The molecular weight excluding hydrogens is 412 g/mol. The lowest BCUT2D eigenvalue weighted by molar-refractivity contribution is -0.124. The minimum absolute atomic E-state index is 0.0815. The molecule has 0 aromatic heterocycles. The van der Waals surface area contributed by atoms with E-state index in [0.717, 1.165) is 37.4 Å². The molecule has 1 aliphatic carbocycles. The fraction of sp³-hybridized carbons (Fsp3) is 0.522. The number of benzene rings is 1. The van der Waals surface area contributed by atoms with Crippen LogP contribution < -0.4 is 5.32 Å². The van der Waals surface area contributed by atoms with Crippen molar-refractivity contribution < 1.29 is 13.2 Å². The van der Waals surface area contributed by atoms with Crippen LogP contribution in [0.2, 0.25) is 0 Å². The highest BCUT2D eigenvalue weighted by Gasteiger charge is 2.48. The molecule has 2 fully saturated rings. The van der Waals surface area contributed by atoms with Crippen molar-refractivity contribution in [3.05, 3.63) is 40.8 Å². The molecule has 164 valence electrons. The topological polar surface area (TPSA) is 103 Å². The number of rotatable bonds is 4.